The van der Waals surface area contributed by atoms with E-state index in [1.54, 1.807) is 19.3 Å². The van der Waals surface area contributed by atoms with E-state index in [1.807, 2.05) is 18.2 Å². The van der Waals surface area contributed by atoms with Crippen LogP contribution in [0.15, 0.2) is 30.4 Å². The molecular weight excluding hydrogens is 765 g/mol. The van der Waals surface area contributed by atoms with Gasteiger partial charge in [-0.25, -0.2) is 27.9 Å². The van der Waals surface area contributed by atoms with Crippen LogP contribution in [-0.4, -0.2) is 95.8 Å². The molecule has 7 atom stereocenters. The first-order valence-electron chi connectivity index (χ1n) is 20.9. The smallest absolute Gasteiger partial charge is 0.408 e. The Morgan fingerprint density at radius 2 is 1.78 bits per heavy atom. The second-order valence-electron chi connectivity index (χ2n) is 16.5. The molecule has 15 nitrogen and oxygen atoms in total. The summed E-state index contributed by atoms with van der Waals surface area (Å²) in [5.74, 6) is 3.94. The number of aryl methyl sites for hydroxylation is 1. The van der Waals surface area contributed by atoms with E-state index in [-0.39, 0.29) is 25.0 Å². The second-order valence-corrected chi connectivity index (χ2v) is 18.5. The van der Waals surface area contributed by atoms with E-state index in [0.29, 0.717) is 66.9 Å². The van der Waals surface area contributed by atoms with Crippen molar-refractivity contribution in [2.24, 2.45) is 11.8 Å². The molecule has 3 N–H and O–H groups in total. The molecule has 310 valence electrons. The number of amides is 4. The van der Waals surface area contributed by atoms with Crippen molar-refractivity contribution in [3.8, 4) is 23.5 Å². The lowest BCUT2D eigenvalue weighted by Crippen LogP contribution is -2.67. The van der Waals surface area contributed by atoms with Crippen LogP contribution in [0.5, 0.6) is 11.6 Å². The Balaban J connectivity index is 1.15. The molecule has 3 aliphatic carbocycles. The van der Waals surface area contributed by atoms with Crippen LogP contribution in [0.2, 0.25) is 0 Å². The molecule has 3 fully saturated rings. The summed E-state index contributed by atoms with van der Waals surface area (Å²) >= 11 is 0. The highest BCUT2D eigenvalue weighted by atomic mass is 32.2. The van der Waals surface area contributed by atoms with Crippen molar-refractivity contribution >= 4 is 44.9 Å². The maximum absolute atomic E-state index is 14.7. The molecule has 8 rings (SSSR count). The molecule has 1 saturated heterocycles. The average molecular weight is 817 g/mol. The SMILES string of the molecule is COc1ccc2nc3c(nc2c1)O[C@@H]1C[C@H]2C(=O)N[C@]4(C(=O)NS(=O)(=O)C5CC5)C#C[C@H]4/C=C\CCCCC[C@H](NC(=O)O[C@@H]4CCC[C@H]4CCCCC3)C(=O)N2C1. The van der Waals surface area contributed by atoms with Crippen molar-refractivity contribution in [3.05, 3.63) is 36.0 Å². The lowest BCUT2D eigenvalue weighted by Gasteiger charge is -2.38. The van der Waals surface area contributed by atoms with E-state index < -0.39 is 68.7 Å². The van der Waals surface area contributed by atoms with Crippen LogP contribution in [0.1, 0.15) is 102 Å². The van der Waals surface area contributed by atoms with Gasteiger partial charge in [-0.3, -0.25) is 14.4 Å². The summed E-state index contributed by atoms with van der Waals surface area (Å²) in [6.07, 6.45) is 12.9. The van der Waals surface area contributed by atoms with Crippen molar-refractivity contribution in [2.45, 2.75) is 138 Å². The van der Waals surface area contributed by atoms with Gasteiger partial charge in [0.15, 0.2) is 5.54 Å². The Morgan fingerprint density at radius 3 is 2.57 bits per heavy atom. The Labute approximate surface area is 338 Å². The molecule has 58 heavy (non-hydrogen) atoms. The number of alkyl carbamates (subject to hydrolysis) is 1. The van der Waals surface area contributed by atoms with E-state index in [4.69, 9.17) is 24.2 Å². The number of methoxy groups -OCH3 is 1. The Morgan fingerprint density at radius 1 is 0.966 bits per heavy atom. The average Bonchev–Trinajstić information content (AvgIpc) is 3.85. The van der Waals surface area contributed by atoms with Gasteiger partial charge in [0.25, 0.3) is 5.91 Å². The summed E-state index contributed by atoms with van der Waals surface area (Å²) in [6.45, 7) is -0.0314. The zero-order valence-electron chi connectivity index (χ0n) is 32.9. The first-order chi connectivity index (χ1) is 28.0. The number of benzene rings is 1. The molecule has 0 radical (unpaired) electrons. The van der Waals surface area contributed by atoms with Gasteiger partial charge >= 0.3 is 6.09 Å². The number of hydrogen-bond donors (Lipinski definition) is 3. The van der Waals surface area contributed by atoms with Gasteiger partial charge in [-0.2, -0.15) is 0 Å². The van der Waals surface area contributed by atoms with E-state index in [2.05, 4.69) is 27.2 Å². The quantitative estimate of drug-likeness (QED) is 0.299. The van der Waals surface area contributed by atoms with Gasteiger partial charge in [0.1, 0.15) is 35.7 Å². The van der Waals surface area contributed by atoms with Crippen LogP contribution in [0.25, 0.3) is 11.0 Å². The van der Waals surface area contributed by atoms with Gasteiger partial charge in [0.2, 0.25) is 27.7 Å². The maximum atomic E-state index is 14.7. The predicted octanol–water partition coefficient (Wildman–Crippen LogP) is 3.98. The van der Waals surface area contributed by atoms with Crippen LogP contribution in [0, 0.1) is 23.7 Å². The Kier molecular flexibility index (Phi) is 11.5. The summed E-state index contributed by atoms with van der Waals surface area (Å²) in [5.41, 5.74) is 0.0260. The number of carbonyl (C=O) groups is 4. The molecule has 2 saturated carbocycles. The number of sulfonamides is 1. The third-order valence-corrected chi connectivity index (χ3v) is 14.2. The number of hydrogen-bond acceptors (Lipinski definition) is 11. The van der Waals surface area contributed by atoms with Crippen molar-refractivity contribution in [2.75, 3.05) is 13.7 Å². The summed E-state index contributed by atoms with van der Waals surface area (Å²) in [5, 5.41) is 5.01. The van der Waals surface area contributed by atoms with E-state index in [0.717, 1.165) is 57.8 Å². The summed E-state index contributed by atoms with van der Waals surface area (Å²) in [6, 6.07) is 3.29. The first kappa shape index (κ1) is 39.9. The van der Waals surface area contributed by atoms with Crippen molar-refractivity contribution in [1.82, 2.24) is 30.2 Å². The number of fused-ring (bicyclic) bond motifs is 6. The molecule has 2 aromatic rings. The van der Waals surface area contributed by atoms with E-state index in [1.165, 1.54) is 4.90 Å². The number of nitrogens with zero attached hydrogens (tertiary/aromatic N) is 3. The van der Waals surface area contributed by atoms with Gasteiger partial charge in [0.05, 0.1) is 35.9 Å². The Bertz CT molecular complexity index is 2150. The van der Waals surface area contributed by atoms with Gasteiger partial charge < -0.3 is 29.7 Å². The first-order valence-corrected chi connectivity index (χ1v) is 22.4. The van der Waals surface area contributed by atoms with Gasteiger partial charge in [-0.1, -0.05) is 49.7 Å². The predicted molar refractivity (Wildman–Crippen MR) is 212 cm³/mol. The fraction of sp³-hybridized carbons (Fsp3) is 0.619. The number of allylic oxidation sites excluding steroid dienone is 1. The van der Waals surface area contributed by atoms with Crippen LogP contribution < -0.4 is 24.8 Å². The molecule has 3 aliphatic heterocycles. The van der Waals surface area contributed by atoms with Gasteiger partial charge in [0, 0.05) is 12.5 Å². The van der Waals surface area contributed by atoms with Crippen molar-refractivity contribution < 1.29 is 41.8 Å². The number of aromatic nitrogens is 2. The van der Waals surface area contributed by atoms with Gasteiger partial charge in [-0.15, -0.1) is 0 Å². The second kappa shape index (κ2) is 16.8. The highest BCUT2D eigenvalue weighted by molar-refractivity contribution is 7.91. The highest BCUT2D eigenvalue weighted by Crippen LogP contribution is 2.35. The highest BCUT2D eigenvalue weighted by Gasteiger charge is 2.54. The molecule has 1 aromatic carbocycles. The maximum Gasteiger partial charge on any atom is 0.408 e. The standard InChI is InChI=1S/C42H52N6O9S/c1-55-28-17-20-31-34(23-28)44-38-32(43-31)14-9-5-6-11-26-12-10-16-36(26)57-41(52)45-33-15-8-4-2-3-7-13-27-21-22-42(27,40(51)47-58(53,54)30-18-19-30)46-37(49)35-24-29(56-38)25-48(35)39(33)50/h7,13,17,20,23,26-27,29-30,33,35-36H,2-6,8-12,14-16,18-19,24-25H2,1H3,(H,45,52)(H,46,49)(H,47,51)/b13-7-/t26-,27-,29-,33+,35+,36-,42-/m1/s1. The number of nitrogens with one attached hydrogen (secondary N) is 3. The molecule has 0 spiro atoms. The van der Waals surface area contributed by atoms with Crippen molar-refractivity contribution in [3.63, 3.8) is 0 Å². The largest absolute Gasteiger partial charge is 0.497 e. The molecule has 16 heteroatoms. The van der Waals surface area contributed by atoms with Crippen molar-refractivity contribution in [1.29, 1.82) is 0 Å². The van der Waals surface area contributed by atoms with Gasteiger partial charge in [-0.05, 0) is 88.7 Å². The van der Waals surface area contributed by atoms with E-state index in [9.17, 15) is 27.6 Å². The minimum Gasteiger partial charge on any atom is -0.497 e. The summed E-state index contributed by atoms with van der Waals surface area (Å²) in [4.78, 5) is 68.1. The van der Waals surface area contributed by atoms with Crippen LogP contribution in [0.4, 0.5) is 4.79 Å². The molecular formula is C42H52N6O9S. The number of carbonyl (C=O) groups excluding carboxylic acids is 4. The number of rotatable bonds is 4. The fourth-order valence-electron chi connectivity index (χ4n) is 8.93. The minimum atomic E-state index is -3.97. The fourth-order valence-corrected chi connectivity index (χ4v) is 10.3. The molecule has 4 heterocycles. The third kappa shape index (κ3) is 8.46. The molecule has 0 unspecified atom stereocenters. The lowest BCUT2D eigenvalue weighted by atomic mass is 9.75. The van der Waals surface area contributed by atoms with Crippen LogP contribution >= 0.6 is 0 Å². The van der Waals surface area contributed by atoms with Crippen LogP contribution in [-0.2, 0) is 35.6 Å². The topological polar surface area (TPSA) is 195 Å². The Hall–Kier alpha value is -4.91. The molecule has 4 amide bonds. The van der Waals surface area contributed by atoms with E-state index >= 15 is 0 Å². The monoisotopic (exact) mass is 816 g/mol. The lowest BCUT2D eigenvalue weighted by molar-refractivity contribution is -0.141. The van der Waals surface area contributed by atoms with Crippen LogP contribution in [0.3, 0.4) is 0 Å². The third-order valence-electron chi connectivity index (χ3n) is 12.4. The zero-order valence-corrected chi connectivity index (χ0v) is 33.7. The molecule has 1 aromatic heterocycles. The summed E-state index contributed by atoms with van der Waals surface area (Å²) in [7, 11) is -2.40. The molecule has 3 bridgehead atoms. The zero-order chi connectivity index (χ0) is 40.4. The molecule has 6 aliphatic rings. The summed E-state index contributed by atoms with van der Waals surface area (Å²) < 4.78 is 46.2. The normalized spacial score (nSPS) is 31.3. The minimum absolute atomic E-state index is 0.0156. The number of ether oxygens (including phenoxy) is 3.